The van der Waals surface area contributed by atoms with E-state index in [1.807, 2.05) is 0 Å². The molecule has 1 aliphatic rings. The molecular weight excluding hydrogens is 322 g/mol. The summed E-state index contributed by atoms with van der Waals surface area (Å²) in [4.78, 5) is 29.4. The van der Waals surface area contributed by atoms with Gasteiger partial charge in [0.15, 0.2) is 5.13 Å². The van der Waals surface area contributed by atoms with Crippen molar-refractivity contribution in [2.24, 2.45) is 5.92 Å². The Morgan fingerprint density at radius 3 is 2.75 bits per heavy atom. The van der Waals surface area contributed by atoms with Crippen molar-refractivity contribution in [2.75, 3.05) is 10.6 Å². The zero-order chi connectivity index (χ0) is 17.1. The molecule has 1 heterocycles. The van der Waals surface area contributed by atoms with Crippen molar-refractivity contribution < 1.29 is 9.59 Å². The Balaban J connectivity index is 1.67. The summed E-state index contributed by atoms with van der Waals surface area (Å²) in [6.07, 6.45) is 4.38. The number of thiazole rings is 1. The van der Waals surface area contributed by atoms with E-state index in [0.717, 1.165) is 25.0 Å². The number of amides is 2. The third-order valence-electron chi connectivity index (χ3n) is 4.01. The number of rotatable bonds is 4. The molecule has 6 heteroatoms. The van der Waals surface area contributed by atoms with Crippen LogP contribution >= 0.6 is 11.3 Å². The monoisotopic (exact) mass is 341 g/mol. The van der Waals surface area contributed by atoms with E-state index in [1.165, 1.54) is 11.0 Å². The van der Waals surface area contributed by atoms with Crippen LogP contribution in [0.3, 0.4) is 0 Å². The summed E-state index contributed by atoms with van der Waals surface area (Å²) in [5.74, 6) is 0.199. The molecule has 0 aliphatic heterocycles. The molecule has 1 aliphatic carbocycles. The fourth-order valence-corrected chi connectivity index (χ4v) is 3.83. The summed E-state index contributed by atoms with van der Waals surface area (Å²) >= 11 is 1.57. The van der Waals surface area contributed by atoms with E-state index in [2.05, 4.69) is 29.1 Å². The van der Waals surface area contributed by atoms with E-state index in [9.17, 15) is 9.59 Å². The molecule has 5 nitrogen and oxygen atoms in total. The molecule has 3 rings (SSSR count). The molecule has 0 saturated heterocycles. The summed E-state index contributed by atoms with van der Waals surface area (Å²) < 4.78 is 0. The maximum absolute atomic E-state index is 12.3. The molecule has 1 atom stereocenters. The van der Waals surface area contributed by atoms with Crippen molar-refractivity contribution >= 4 is 34.0 Å². The number of fused-ring (bicyclic) bond motifs is 1. The lowest BCUT2D eigenvalue weighted by molar-refractivity contribution is -0.111. The van der Waals surface area contributed by atoms with Crippen LogP contribution < -0.4 is 10.6 Å². The highest BCUT2D eigenvalue weighted by atomic mass is 32.1. The van der Waals surface area contributed by atoms with Crippen LogP contribution in [0.4, 0.5) is 10.8 Å². The highest BCUT2D eigenvalue weighted by Crippen LogP contribution is 2.32. The average Bonchev–Trinajstić information content (AvgIpc) is 2.96. The minimum atomic E-state index is -0.283. The van der Waals surface area contributed by atoms with E-state index >= 15 is 0 Å². The first-order chi connectivity index (χ1) is 11.5. The van der Waals surface area contributed by atoms with Crippen LogP contribution in [0.2, 0.25) is 0 Å². The summed E-state index contributed by atoms with van der Waals surface area (Å²) in [5.41, 5.74) is 2.26. The Kier molecular flexibility index (Phi) is 4.76. The number of hydrogen-bond donors (Lipinski definition) is 2. The Hall–Kier alpha value is -2.47. The minimum Gasteiger partial charge on any atom is -0.323 e. The smallest absolute Gasteiger partial charge is 0.257 e. The second-order valence-electron chi connectivity index (χ2n) is 5.96. The second-order valence-corrected chi connectivity index (χ2v) is 7.05. The maximum Gasteiger partial charge on any atom is 0.257 e. The number of anilines is 2. The molecule has 1 aromatic carbocycles. The number of aromatic nitrogens is 1. The van der Waals surface area contributed by atoms with Gasteiger partial charge in [0.2, 0.25) is 5.91 Å². The topological polar surface area (TPSA) is 71.1 Å². The maximum atomic E-state index is 12.3. The minimum absolute atomic E-state index is 0.198. The molecule has 2 aromatic rings. The van der Waals surface area contributed by atoms with E-state index in [-0.39, 0.29) is 11.8 Å². The average molecular weight is 341 g/mol. The first-order valence-electron chi connectivity index (χ1n) is 7.88. The lowest BCUT2D eigenvalue weighted by Crippen LogP contribution is -2.12. The quantitative estimate of drug-likeness (QED) is 0.834. The molecule has 24 heavy (non-hydrogen) atoms. The number of hydrogen-bond acceptors (Lipinski definition) is 4. The molecule has 0 radical (unpaired) electrons. The summed E-state index contributed by atoms with van der Waals surface area (Å²) in [5, 5.41) is 6.17. The Labute approximate surface area is 144 Å². The van der Waals surface area contributed by atoms with Crippen molar-refractivity contribution in [1.82, 2.24) is 4.98 Å². The normalized spacial score (nSPS) is 16.1. The fraction of sp³-hybridized carbons (Fsp3) is 0.278. The Morgan fingerprint density at radius 1 is 1.29 bits per heavy atom. The first-order valence-corrected chi connectivity index (χ1v) is 8.70. The van der Waals surface area contributed by atoms with Gasteiger partial charge in [-0.25, -0.2) is 4.98 Å². The molecule has 2 amide bonds. The third-order valence-corrected chi connectivity index (χ3v) is 5.04. The summed E-state index contributed by atoms with van der Waals surface area (Å²) in [6, 6.07) is 6.71. The largest absolute Gasteiger partial charge is 0.323 e. The number of aryl methyl sites for hydroxylation is 1. The lowest BCUT2D eigenvalue weighted by atomic mass is 9.93. The van der Waals surface area contributed by atoms with Gasteiger partial charge in [-0.2, -0.15) is 0 Å². The number of nitrogens with zero attached hydrogens (tertiary/aromatic N) is 1. The van der Waals surface area contributed by atoms with Crippen molar-refractivity contribution in [2.45, 2.75) is 26.2 Å². The van der Waals surface area contributed by atoms with Gasteiger partial charge in [0.25, 0.3) is 5.91 Å². The molecule has 0 saturated carbocycles. The predicted molar refractivity (Wildman–Crippen MR) is 96.5 cm³/mol. The predicted octanol–water partition coefficient (Wildman–Crippen LogP) is 3.64. The molecular formula is C18H19N3O2S. The van der Waals surface area contributed by atoms with Crippen LogP contribution in [0.25, 0.3) is 0 Å². The van der Waals surface area contributed by atoms with Crippen molar-refractivity contribution in [3.8, 4) is 0 Å². The van der Waals surface area contributed by atoms with Gasteiger partial charge in [0, 0.05) is 16.1 Å². The summed E-state index contributed by atoms with van der Waals surface area (Å²) in [7, 11) is 0. The van der Waals surface area contributed by atoms with Crippen LogP contribution in [-0.2, 0) is 17.6 Å². The van der Waals surface area contributed by atoms with Crippen LogP contribution in [-0.4, -0.2) is 16.8 Å². The molecule has 0 bridgehead atoms. The summed E-state index contributed by atoms with van der Waals surface area (Å²) in [6.45, 7) is 5.64. The number of carbonyl (C=O) groups excluding carboxylic acids is 2. The Morgan fingerprint density at radius 2 is 2.04 bits per heavy atom. The molecule has 0 spiro atoms. The zero-order valence-electron chi connectivity index (χ0n) is 13.5. The van der Waals surface area contributed by atoms with E-state index in [4.69, 9.17) is 0 Å². The molecule has 1 aromatic heterocycles. The second kappa shape index (κ2) is 6.97. The van der Waals surface area contributed by atoms with Gasteiger partial charge in [0.1, 0.15) is 0 Å². The molecule has 2 N–H and O–H groups in total. The Bertz CT molecular complexity index is 780. The highest BCUT2D eigenvalue weighted by molar-refractivity contribution is 7.15. The van der Waals surface area contributed by atoms with Crippen molar-refractivity contribution in [1.29, 1.82) is 0 Å². The third kappa shape index (κ3) is 3.71. The number of carbonyl (C=O) groups is 2. The van der Waals surface area contributed by atoms with Crippen molar-refractivity contribution in [3.05, 3.63) is 53.1 Å². The molecule has 1 unspecified atom stereocenters. The fourth-order valence-electron chi connectivity index (χ4n) is 2.66. The SMILES string of the molecule is C=CC(=O)Nc1ccc(C(=O)Nc2nc3c(s2)CC(C)CC3)cc1. The van der Waals surface area contributed by atoms with Gasteiger partial charge in [-0.05, 0) is 55.5 Å². The first kappa shape index (κ1) is 16.4. The zero-order valence-corrected chi connectivity index (χ0v) is 14.3. The number of nitrogens with one attached hydrogen (secondary N) is 2. The van der Waals surface area contributed by atoms with E-state index in [0.29, 0.717) is 22.3 Å². The van der Waals surface area contributed by atoms with Crippen LogP contribution in [0.5, 0.6) is 0 Å². The standard InChI is InChI=1S/C18H19N3O2S/c1-3-16(22)19-13-7-5-12(6-8-13)17(23)21-18-20-14-9-4-11(2)10-15(14)24-18/h3,5-8,11H,1,4,9-10H2,2H3,(H,19,22)(H,20,21,23). The molecule has 0 fully saturated rings. The van der Waals surface area contributed by atoms with Gasteiger partial charge in [0.05, 0.1) is 5.69 Å². The highest BCUT2D eigenvalue weighted by Gasteiger charge is 2.20. The lowest BCUT2D eigenvalue weighted by Gasteiger charge is -2.15. The van der Waals surface area contributed by atoms with Crippen LogP contribution in [0, 0.1) is 5.92 Å². The van der Waals surface area contributed by atoms with Crippen LogP contribution in [0.1, 0.15) is 34.3 Å². The van der Waals surface area contributed by atoms with E-state index in [1.54, 1.807) is 35.6 Å². The molecule has 124 valence electrons. The van der Waals surface area contributed by atoms with Crippen molar-refractivity contribution in [3.63, 3.8) is 0 Å². The van der Waals surface area contributed by atoms with E-state index < -0.39 is 0 Å². The number of benzene rings is 1. The van der Waals surface area contributed by atoms with Crippen LogP contribution in [0.15, 0.2) is 36.9 Å². The van der Waals surface area contributed by atoms with Gasteiger partial charge < -0.3 is 5.32 Å². The van der Waals surface area contributed by atoms with Gasteiger partial charge in [-0.3, -0.25) is 14.9 Å². The van der Waals surface area contributed by atoms with Gasteiger partial charge in [-0.15, -0.1) is 11.3 Å². The van der Waals surface area contributed by atoms with Gasteiger partial charge >= 0.3 is 0 Å². The van der Waals surface area contributed by atoms with Gasteiger partial charge in [-0.1, -0.05) is 13.5 Å².